The molecule has 5 nitrogen and oxygen atoms in total. The van der Waals surface area contributed by atoms with Gasteiger partial charge in [-0.25, -0.2) is 0 Å². The van der Waals surface area contributed by atoms with E-state index in [4.69, 9.17) is 4.89 Å². The summed E-state index contributed by atoms with van der Waals surface area (Å²) in [5, 5.41) is 0. The minimum absolute atomic E-state index is 0. The Bertz CT molecular complexity index is 329. The fourth-order valence-corrected chi connectivity index (χ4v) is 3.31. The Morgan fingerprint density at radius 1 is 0.808 bits per heavy atom. The van der Waals surface area contributed by atoms with E-state index in [1.54, 1.807) is 0 Å². The van der Waals surface area contributed by atoms with Crippen LogP contribution < -0.4 is 34.5 Å². The van der Waals surface area contributed by atoms with E-state index in [0.717, 1.165) is 13.0 Å². The number of hydrogen-bond donors (Lipinski definition) is 1. The fourth-order valence-electron chi connectivity index (χ4n) is 3.00. The Morgan fingerprint density at radius 2 is 1.19 bits per heavy atom. The third-order valence-corrected chi connectivity index (χ3v) is 5.13. The molecule has 1 unspecified atom stereocenters. The first kappa shape index (κ1) is 29.3. The molecule has 0 saturated carbocycles. The number of unbranched alkanes of at least 4 members (excludes halogenated alkanes) is 13. The molecule has 0 saturated heterocycles. The van der Waals surface area contributed by atoms with Crippen LogP contribution in [0.15, 0.2) is 0 Å². The van der Waals surface area contributed by atoms with Gasteiger partial charge in [-0.2, -0.15) is 0 Å². The molecule has 7 heteroatoms. The Labute approximate surface area is 184 Å². The zero-order chi connectivity index (χ0) is 18.8. The molecule has 0 aromatic carbocycles. The van der Waals surface area contributed by atoms with Crippen molar-refractivity contribution in [3.8, 4) is 0 Å². The van der Waals surface area contributed by atoms with Crippen LogP contribution in [0.1, 0.15) is 96.8 Å². The number of hydrogen-bond acceptors (Lipinski definition) is 4. The molecule has 0 radical (unpaired) electrons. The molecule has 0 fully saturated rings. The van der Waals surface area contributed by atoms with Crippen LogP contribution in [0.25, 0.3) is 0 Å². The van der Waals surface area contributed by atoms with Gasteiger partial charge in [-0.3, -0.25) is 4.57 Å². The Kier molecular flexibility index (Phi) is 23.4. The van der Waals surface area contributed by atoms with Crippen LogP contribution in [0.2, 0.25) is 0 Å². The van der Waals surface area contributed by atoms with Gasteiger partial charge < -0.3 is 19.2 Å². The van der Waals surface area contributed by atoms with Gasteiger partial charge in [-0.05, 0) is 20.0 Å². The van der Waals surface area contributed by atoms with Crippen LogP contribution in [-0.4, -0.2) is 36.5 Å². The Balaban J connectivity index is 0. The molecule has 1 atom stereocenters. The Morgan fingerprint density at radius 3 is 1.58 bits per heavy atom. The standard InChI is InChI=1S/C19H42NO4P.Na/c1-3-4-5-6-7-8-9-10-11-12-13-14-15-16-17-20(2)18-19-24-25(21,22)23;/h3-19H2,1-2H3,(H2,21,22,23);/q;+1/p-1. The van der Waals surface area contributed by atoms with E-state index in [-0.39, 0.29) is 36.2 Å². The molecule has 0 heterocycles. The average Bonchev–Trinajstić information content (AvgIpc) is 2.54. The quantitative estimate of drug-likeness (QED) is 0.203. The summed E-state index contributed by atoms with van der Waals surface area (Å²) in [5.41, 5.74) is 0. The molecule has 0 rings (SSSR count). The smallest absolute Gasteiger partial charge is 0.756 e. The van der Waals surface area contributed by atoms with Crippen molar-refractivity contribution in [3.05, 3.63) is 0 Å². The van der Waals surface area contributed by atoms with Crippen molar-refractivity contribution in [3.63, 3.8) is 0 Å². The van der Waals surface area contributed by atoms with E-state index in [2.05, 4.69) is 11.4 Å². The summed E-state index contributed by atoms with van der Waals surface area (Å²) in [7, 11) is -2.62. The van der Waals surface area contributed by atoms with Gasteiger partial charge in [-0.15, -0.1) is 0 Å². The summed E-state index contributed by atoms with van der Waals surface area (Å²) in [4.78, 5) is 21.0. The first-order valence-corrected chi connectivity index (χ1v) is 11.8. The molecule has 1 N–H and O–H groups in total. The monoisotopic (exact) mass is 401 g/mol. The summed E-state index contributed by atoms with van der Waals surface area (Å²) < 4.78 is 14.8. The number of nitrogens with zero attached hydrogens (tertiary/aromatic N) is 1. The molecule has 0 bridgehead atoms. The van der Waals surface area contributed by atoms with Gasteiger partial charge in [-0.1, -0.05) is 90.4 Å². The number of phosphoric acid groups is 1. The molecule has 0 amide bonds. The van der Waals surface area contributed by atoms with Crippen molar-refractivity contribution < 1.29 is 48.4 Å². The third kappa shape index (κ3) is 25.1. The summed E-state index contributed by atoms with van der Waals surface area (Å²) in [6.45, 7) is 3.74. The van der Waals surface area contributed by atoms with E-state index in [1.165, 1.54) is 83.5 Å². The molecule has 0 spiro atoms. The summed E-state index contributed by atoms with van der Waals surface area (Å²) >= 11 is 0. The summed E-state index contributed by atoms with van der Waals surface area (Å²) in [6, 6.07) is 0. The van der Waals surface area contributed by atoms with Gasteiger partial charge in [0.15, 0.2) is 0 Å². The third-order valence-electron chi connectivity index (χ3n) is 4.62. The largest absolute Gasteiger partial charge is 1.00 e. The van der Waals surface area contributed by atoms with E-state index >= 15 is 0 Å². The predicted octanol–water partition coefficient (Wildman–Crippen LogP) is 1.88. The fraction of sp³-hybridized carbons (Fsp3) is 1.00. The molecule has 0 aliphatic carbocycles. The maximum Gasteiger partial charge on any atom is 1.00 e. The van der Waals surface area contributed by atoms with Gasteiger partial charge in [0.25, 0.3) is 7.82 Å². The minimum Gasteiger partial charge on any atom is -0.756 e. The van der Waals surface area contributed by atoms with Crippen LogP contribution in [0.3, 0.4) is 0 Å². The van der Waals surface area contributed by atoms with Crippen molar-refractivity contribution in [1.29, 1.82) is 0 Å². The molecule has 0 aliphatic rings. The second kappa shape index (κ2) is 20.8. The minimum atomic E-state index is -4.56. The van der Waals surface area contributed by atoms with Gasteiger partial charge in [0.1, 0.15) is 0 Å². The van der Waals surface area contributed by atoms with E-state index in [0.29, 0.717) is 6.54 Å². The zero-order valence-corrected chi connectivity index (χ0v) is 20.5. The van der Waals surface area contributed by atoms with Crippen LogP contribution in [0, 0.1) is 0 Å². The Hall–Kier alpha value is 1.07. The molecule has 0 aliphatic heterocycles. The van der Waals surface area contributed by atoms with E-state index < -0.39 is 7.82 Å². The molecular weight excluding hydrogens is 360 g/mol. The molecular formula is C19H41NNaO4P. The molecule has 0 aromatic heterocycles. The van der Waals surface area contributed by atoms with Gasteiger partial charge >= 0.3 is 29.6 Å². The van der Waals surface area contributed by atoms with Crippen molar-refractivity contribution in [1.82, 2.24) is 4.90 Å². The second-order valence-corrected chi connectivity index (χ2v) is 8.40. The number of phosphoric ester groups is 1. The maximum absolute atomic E-state index is 10.5. The van der Waals surface area contributed by atoms with E-state index in [9.17, 15) is 9.46 Å². The van der Waals surface area contributed by atoms with Gasteiger partial charge in [0, 0.05) is 6.54 Å². The second-order valence-electron chi connectivity index (χ2n) is 7.20. The predicted molar refractivity (Wildman–Crippen MR) is 104 cm³/mol. The SMILES string of the molecule is CCCCCCCCCCCCCCCCN(C)CCOP(=O)([O-])O.[Na+]. The molecule has 26 heavy (non-hydrogen) atoms. The van der Waals surface area contributed by atoms with Gasteiger partial charge in [0.2, 0.25) is 0 Å². The normalized spacial score (nSPS) is 13.6. The van der Waals surface area contributed by atoms with Crippen molar-refractivity contribution in [2.75, 3.05) is 26.7 Å². The van der Waals surface area contributed by atoms with Gasteiger partial charge in [0.05, 0.1) is 6.61 Å². The topological polar surface area (TPSA) is 72.8 Å². The summed E-state index contributed by atoms with van der Waals surface area (Å²) in [6.07, 6.45) is 18.9. The number of likely N-dealkylation sites (N-methyl/N-ethyl adjacent to an activating group) is 1. The maximum atomic E-state index is 10.5. The zero-order valence-electron chi connectivity index (χ0n) is 17.6. The van der Waals surface area contributed by atoms with Crippen LogP contribution in [0.5, 0.6) is 0 Å². The molecule has 0 aromatic rings. The van der Waals surface area contributed by atoms with Crippen LogP contribution in [-0.2, 0) is 9.09 Å². The van der Waals surface area contributed by atoms with Crippen LogP contribution in [0.4, 0.5) is 0 Å². The molecule has 152 valence electrons. The van der Waals surface area contributed by atoms with Crippen molar-refractivity contribution in [2.24, 2.45) is 0 Å². The van der Waals surface area contributed by atoms with Crippen molar-refractivity contribution in [2.45, 2.75) is 96.8 Å². The first-order valence-electron chi connectivity index (χ1n) is 10.3. The van der Waals surface area contributed by atoms with Crippen LogP contribution >= 0.6 is 7.82 Å². The first-order chi connectivity index (χ1) is 12.0. The average molecular weight is 402 g/mol. The number of rotatable bonds is 19. The van der Waals surface area contributed by atoms with Crippen molar-refractivity contribution >= 4 is 7.82 Å². The summed E-state index contributed by atoms with van der Waals surface area (Å²) in [5.74, 6) is 0. The van der Waals surface area contributed by atoms with E-state index in [1.807, 2.05) is 11.9 Å².